The summed E-state index contributed by atoms with van der Waals surface area (Å²) in [5.74, 6) is 1.10. The maximum absolute atomic E-state index is 4.84. The molecule has 96 valence electrons. The highest BCUT2D eigenvalue weighted by Crippen LogP contribution is 2.28. The third-order valence-electron chi connectivity index (χ3n) is 3.64. The van der Waals surface area contributed by atoms with Gasteiger partial charge >= 0.3 is 0 Å². The van der Waals surface area contributed by atoms with Crippen LogP contribution < -0.4 is 5.32 Å². The highest BCUT2D eigenvalue weighted by atomic mass is 15.3. The van der Waals surface area contributed by atoms with Crippen molar-refractivity contribution in [3.8, 4) is 0 Å². The number of aromatic nitrogens is 2. The predicted molar refractivity (Wildman–Crippen MR) is 71.5 cm³/mol. The van der Waals surface area contributed by atoms with Crippen molar-refractivity contribution in [2.75, 3.05) is 13.1 Å². The van der Waals surface area contributed by atoms with E-state index in [-0.39, 0.29) is 0 Å². The number of piperidine rings is 1. The van der Waals surface area contributed by atoms with Crippen molar-refractivity contribution in [2.45, 2.75) is 58.4 Å². The van der Waals surface area contributed by atoms with E-state index in [0.717, 1.165) is 13.1 Å². The fraction of sp³-hybridized carbons (Fsp3) is 0.786. The Hall–Kier alpha value is -0.830. The van der Waals surface area contributed by atoms with Crippen molar-refractivity contribution in [1.82, 2.24) is 15.1 Å². The molecule has 1 fully saturated rings. The molecule has 0 bridgehead atoms. The van der Waals surface area contributed by atoms with Crippen molar-refractivity contribution in [2.24, 2.45) is 0 Å². The van der Waals surface area contributed by atoms with Crippen LogP contribution in [0.4, 0.5) is 0 Å². The SMILES string of the molecule is CC(C)c1cn(C2CCNCC2)nc1C(C)C. The van der Waals surface area contributed by atoms with E-state index < -0.39 is 0 Å². The smallest absolute Gasteiger partial charge is 0.0684 e. The first-order valence-electron chi connectivity index (χ1n) is 6.89. The summed E-state index contributed by atoms with van der Waals surface area (Å²) >= 11 is 0. The fourth-order valence-electron chi connectivity index (χ4n) is 2.57. The molecule has 0 atom stereocenters. The first-order chi connectivity index (χ1) is 8.09. The molecule has 0 unspecified atom stereocenters. The fourth-order valence-corrected chi connectivity index (χ4v) is 2.57. The van der Waals surface area contributed by atoms with Gasteiger partial charge < -0.3 is 5.32 Å². The largest absolute Gasteiger partial charge is 0.317 e. The van der Waals surface area contributed by atoms with Crippen LogP contribution in [-0.4, -0.2) is 22.9 Å². The average molecular weight is 235 g/mol. The van der Waals surface area contributed by atoms with E-state index in [2.05, 4.69) is 43.9 Å². The number of rotatable bonds is 3. The van der Waals surface area contributed by atoms with E-state index in [1.807, 2.05) is 0 Å². The maximum atomic E-state index is 4.84. The van der Waals surface area contributed by atoms with Gasteiger partial charge in [0, 0.05) is 6.20 Å². The first-order valence-corrected chi connectivity index (χ1v) is 6.89. The first kappa shape index (κ1) is 12.6. The zero-order valence-electron chi connectivity index (χ0n) is 11.5. The van der Waals surface area contributed by atoms with E-state index in [0.29, 0.717) is 17.9 Å². The summed E-state index contributed by atoms with van der Waals surface area (Å²) in [5, 5.41) is 8.25. The van der Waals surface area contributed by atoms with E-state index in [1.54, 1.807) is 0 Å². The molecule has 1 aliphatic heterocycles. The minimum absolute atomic E-state index is 0.523. The summed E-state index contributed by atoms with van der Waals surface area (Å²) in [4.78, 5) is 0. The number of hydrogen-bond donors (Lipinski definition) is 1. The van der Waals surface area contributed by atoms with E-state index in [9.17, 15) is 0 Å². The molecule has 1 N–H and O–H groups in total. The molecule has 3 heteroatoms. The summed E-state index contributed by atoms with van der Waals surface area (Å²) in [6, 6.07) is 0.598. The topological polar surface area (TPSA) is 29.9 Å². The molecule has 0 amide bonds. The Morgan fingerprint density at radius 2 is 1.82 bits per heavy atom. The minimum atomic E-state index is 0.523. The summed E-state index contributed by atoms with van der Waals surface area (Å²) < 4.78 is 2.23. The van der Waals surface area contributed by atoms with Crippen LogP contribution in [-0.2, 0) is 0 Å². The molecule has 2 heterocycles. The van der Waals surface area contributed by atoms with Crippen LogP contribution in [0, 0.1) is 0 Å². The number of nitrogens with one attached hydrogen (secondary N) is 1. The van der Waals surface area contributed by atoms with Gasteiger partial charge in [0.25, 0.3) is 0 Å². The van der Waals surface area contributed by atoms with E-state index >= 15 is 0 Å². The lowest BCUT2D eigenvalue weighted by Gasteiger charge is -2.22. The van der Waals surface area contributed by atoms with Crippen LogP contribution in [0.2, 0.25) is 0 Å². The van der Waals surface area contributed by atoms with Gasteiger partial charge in [-0.15, -0.1) is 0 Å². The van der Waals surface area contributed by atoms with Crippen LogP contribution in [0.1, 0.15) is 69.7 Å². The molecule has 2 rings (SSSR count). The highest BCUT2D eigenvalue weighted by molar-refractivity contribution is 5.23. The summed E-state index contributed by atoms with van der Waals surface area (Å²) in [6.45, 7) is 11.2. The second-order valence-electron chi connectivity index (χ2n) is 5.74. The molecule has 0 aromatic carbocycles. The molecular weight excluding hydrogens is 210 g/mol. The molecule has 1 aromatic rings. The average Bonchev–Trinajstić information content (AvgIpc) is 2.75. The third kappa shape index (κ3) is 2.71. The molecule has 1 aliphatic rings. The lowest BCUT2D eigenvalue weighted by atomic mass is 9.98. The van der Waals surface area contributed by atoms with Crippen molar-refractivity contribution in [3.05, 3.63) is 17.5 Å². The summed E-state index contributed by atoms with van der Waals surface area (Å²) in [7, 11) is 0. The molecule has 17 heavy (non-hydrogen) atoms. The van der Waals surface area contributed by atoms with Gasteiger partial charge in [-0.25, -0.2) is 0 Å². The van der Waals surface area contributed by atoms with Crippen molar-refractivity contribution in [3.63, 3.8) is 0 Å². The number of hydrogen-bond acceptors (Lipinski definition) is 2. The Balaban J connectivity index is 2.26. The third-order valence-corrected chi connectivity index (χ3v) is 3.64. The number of nitrogens with zero attached hydrogens (tertiary/aromatic N) is 2. The monoisotopic (exact) mass is 235 g/mol. The molecule has 0 saturated carbocycles. The van der Waals surface area contributed by atoms with Gasteiger partial charge in [0.1, 0.15) is 0 Å². The van der Waals surface area contributed by atoms with Crippen LogP contribution in [0.15, 0.2) is 6.20 Å². The molecule has 3 nitrogen and oxygen atoms in total. The molecule has 1 aromatic heterocycles. The van der Waals surface area contributed by atoms with Crippen LogP contribution in [0.3, 0.4) is 0 Å². The van der Waals surface area contributed by atoms with E-state index in [1.165, 1.54) is 24.1 Å². The zero-order valence-corrected chi connectivity index (χ0v) is 11.5. The van der Waals surface area contributed by atoms with Gasteiger partial charge in [-0.05, 0) is 43.3 Å². The molecule has 0 radical (unpaired) electrons. The molecule has 0 aliphatic carbocycles. The van der Waals surface area contributed by atoms with Gasteiger partial charge in [0.2, 0.25) is 0 Å². The zero-order chi connectivity index (χ0) is 12.4. The van der Waals surface area contributed by atoms with Gasteiger partial charge in [0.15, 0.2) is 0 Å². The highest BCUT2D eigenvalue weighted by Gasteiger charge is 2.20. The van der Waals surface area contributed by atoms with Crippen molar-refractivity contribution in [1.29, 1.82) is 0 Å². The Bertz CT molecular complexity index is 334. The van der Waals surface area contributed by atoms with Crippen molar-refractivity contribution < 1.29 is 0 Å². The lowest BCUT2D eigenvalue weighted by molar-refractivity contribution is 0.341. The Kier molecular flexibility index (Phi) is 3.87. The second-order valence-corrected chi connectivity index (χ2v) is 5.74. The predicted octanol–water partition coefficient (Wildman–Crippen LogP) is 3.05. The normalized spacial score (nSPS) is 18.2. The van der Waals surface area contributed by atoms with Gasteiger partial charge in [-0.3, -0.25) is 4.68 Å². The van der Waals surface area contributed by atoms with Crippen LogP contribution >= 0.6 is 0 Å². The standard InChI is InChI=1S/C14H25N3/c1-10(2)13-9-17(16-14(13)11(3)4)12-5-7-15-8-6-12/h9-12,15H,5-8H2,1-4H3. The second kappa shape index (κ2) is 5.21. The molecule has 0 spiro atoms. The van der Waals surface area contributed by atoms with Crippen molar-refractivity contribution >= 4 is 0 Å². The van der Waals surface area contributed by atoms with E-state index in [4.69, 9.17) is 5.10 Å². The maximum Gasteiger partial charge on any atom is 0.0684 e. The Labute approximate surface area is 105 Å². The summed E-state index contributed by atoms with van der Waals surface area (Å²) in [5.41, 5.74) is 2.72. The Morgan fingerprint density at radius 3 is 2.29 bits per heavy atom. The van der Waals surface area contributed by atoms with Crippen LogP contribution in [0.5, 0.6) is 0 Å². The van der Waals surface area contributed by atoms with Gasteiger partial charge in [-0.1, -0.05) is 27.7 Å². The lowest BCUT2D eigenvalue weighted by Crippen LogP contribution is -2.29. The molecular formula is C14H25N3. The minimum Gasteiger partial charge on any atom is -0.317 e. The van der Waals surface area contributed by atoms with Crippen LogP contribution in [0.25, 0.3) is 0 Å². The quantitative estimate of drug-likeness (QED) is 0.872. The van der Waals surface area contributed by atoms with Gasteiger partial charge in [0.05, 0.1) is 11.7 Å². The summed E-state index contributed by atoms with van der Waals surface area (Å²) in [6.07, 6.45) is 4.70. The Morgan fingerprint density at radius 1 is 1.18 bits per heavy atom. The molecule has 1 saturated heterocycles. The van der Waals surface area contributed by atoms with Gasteiger partial charge in [-0.2, -0.15) is 5.10 Å².